The van der Waals surface area contributed by atoms with Gasteiger partial charge in [0.05, 0.1) is 16.3 Å². The Kier molecular flexibility index (Phi) is 4.98. The minimum Gasteiger partial charge on any atom is -0.258 e. The molecule has 0 aliphatic rings. The molecule has 6 heteroatoms. The molecular weight excluding hydrogens is 322 g/mol. The predicted octanol–water partition coefficient (Wildman–Crippen LogP) is 6.16. The second-order valence-electron chi connectivity index (χ2n) is 4.89. The molecule has 0 aliphatic heterocycles. The van der Waals surface area contributed by atoms with Crippen LogP contribution >= 0.6 is 11.8 Å². The number of hydrogen-bond donors (Lipinski definition) is 0. The Labute approximate surface area is 143 Å². The third-order valence-electron chi connectivity index (χ3n) is 3.14. The van der Waals surface area contributed by atoms with Gasteiger partial charge >= 0.3 is 0 Å². The number of nitro benzene ring substituents is 1. The fourth-order valence-electron chi connectivity index (χ4n) is 1.99. The molecule has 0 aromatic heterocycles. The summed E-state index contributed by atoms with van der Waals surface area (Å²) in [5.41, 5.74) is 1.64. The predicted molar refractivity (Wildman–Crippen MR) is 94.3 cm³/mol. The molecule has 24 heavy (non-hydrogen) atoms. The van der Waals surface area contributed by atoms with Crippen LogP contribution in [0.4, 0.5) is 17.1 Å². The Morgan fingerprint density at radius 1 is 0.750 bits per heavy atom. The quantitative estimate of drug-likeness (QED) is 0.318. The topological polar surface area (TPSA) is 67.9 Å². The van der Waals surface area contributed by atoms with E-state index in [2.05, 4.69) is 10.2 Å². The third-order valence-corrected chi connectivity index (χ3v) is 4.14. The summed E-state index contributed by atoms with van der Waals surface area (Å²) in [6.45, 7) is 0. The van der Waals surface area contributed by atoms with E-state index in [9.17, 15) is 10.1 Å². The summed E-state index contributed by atoms with van der Waals surface area (Å²) in [4.78, 5) is 12.2. The standard InChI is InChI=1S/C18H13N3O2S/c22-21(23)16-9-11-17(12-10-16)24-18-8-4-7-15(13-18)20-19-14-5-2-1-3-6-14/h1-13H. The summed E-state index contributed by atoms with van der Waals surface area (Å²) in [5, 5.41) is 19.1. The SMILES string of the molecule is O=[N+]([O-])c1ccc(Sc2cccc(N=Nc3ccccc3)c2)cc1. The van der Waals surface area contributed by atoms with E-state index in [0.717, 1.165) is 21.2 Å². The van der Waals surface area contributed by atoms with Crippen LogP contribution in [0.3, 0.4) is 0 Å². The van der Waals surface area contributed by atoms with E-state index in [4.69, 9.17) is 0 Å². The van der Waals surface area contributed by atoms with Crippen LogP contribution in [-0.2, 0) is 0 Å². The van der Waals surface area contributed by atoms with Gasteiger partial charge in [0.25, 0.3) is 5.69 Å². The summed E-state index contributed by atoms with van der Waals surface area (Å²) in [7, 11) is 0. The van der Waals surface area contributed by atoms with Crippen molar-refractivity contribution in [3.05, 3.63) is 89.0 Å². The number of nitrogens with zero attached hydrogens (tertiary/aromatic N) is 3. The molecule has 0 fully saturated rings. The molecule has 0 bridgehead atoms. The summed E-state index contributed by atoms with van der Waals surface area (Å²) >= 11 is 1.52. The highest BCUT2D eigenvalue weighted by molar-refractivity contribution is 7.99. The van der Waals surface area contributed by atoms with Crippen molar-refractivity contribution in [1.82, 2.24) is 0 Å². The van der Waals surface area contributed by atoms with E-state index in [1.807, 2.05) is 54.6 Å². The Bertz CT molecular complexity index is 865. The zero-order chi connectivity index (χ0) is 16.8. The van der Waals surface area contributed by atoms with Crippen molar-refractivity contribution >= 4 is 28.8 Å². The monoisotopic (exact) mass is 335 g/mol. The Morgan fingerprint density at radius 2 is 1.42 bits per heavy atom. The number of hydrogen-bond acceptors (Lipinski definition) is 5. The third kappa shape index (κ3) is 4.27. The van der Waals surface area contributed by atoms with E-state index in [1.165, 1.54) is 23.9 Å². The van der Waals surface area contributed by atoms with Crippen LogP contribution in [-0.4, -0.2) is 4.92 Å². The number of non-ortho nitro benzene ring substituents is 1. The highest BCUT2D eigenvalue weighted by atomic mass is 32.2. The molecule has 5 nitrogen and oxygen atoms in total. The zero-order valence-corrected chi connectivity index (χ0v) is 13.4. The highest BCUT2D eigenvalue weighted by Crippen LogP contribution is 2.31. The van der Waals surface area contributed by atoms with Gasteiger partial charge in [-0.3, -0.25) is 10.1 Å². The molecule has 3 aromatic carbocycles. The van der Waals surface area contributed by atoms with Gasteiger partial charge in [-0.15, -0.1) is 0 Å². The normalized spacial score (nSPS) is 10.8. The van der Waals surface area contributed by atoms with Crippen molar-refractivity contribution in [3.8, 4) is 0 Å². The van der Waals surface area contributed by atoms with Gasteiger partial charge < -0.3 is 0 Å². The molecule has 0 saturated carbocycles. The van der Waals surface area contributed by atoms with Crippen LogP contribution in [0, 0.1) is 10.1 Å². The molecule has 3 aromatic rings. The average Bonchev–Trinajstić information content (AvgIpc) is 2.62. The van der Waals surface area contributed by atoms with Crippen LogP contribution in [0.2, 0.25) is 0 Å². The van der Waals surface area contributed by atoms with E-state index < -0.39 is 4.92 Å². The molecule has 0 unspecified atom stereocenters. The first-order valence-electron chi connectivity index (χ1n) is 7.20. The Morgan fingerprint density at radius 3 is 2.12 bits per heavy atom. The van der Waals surface area contributed by atoms with Gasteiger partial charge in [-0.25, -0.2) is 0 Å². The second kappa shape index (κ2) is 7.52. The molecule has 0 heterocycles. The molecule has 0 amide bonds. The number of azo groups is 1. The molecule has 0 spiro atoms. The first kappa shape index (κ1) is 15.9. The van der Waals surface area contributed by atoms with Crippen molar-refractivity contribution < 1.29 is 4.92 Å². The number of nitro groups is 1. The molecule has 0 radical (unpaired) electrons. The Balaban J connectivity index is 1.73. The molecular formula is C18H13N3O2S. The maximum Gasteiger partial charge on any atom is 0.269 e. The fraction of sp³-hybridized carbons (Fsp3) is 0. The summed E-state index contributed by atoms with van der Waals surface area (Å²) in [6, 6.07) is 23.7. The molecule has 0 N–H and O–H groups in total. The number of rotatable bonds is 5. The van der Waals surface area contributed by atoms with Gasteiger partial charge in [-0.1, -0.05) is 36.0 Å². The Hall–Kier alpha value is -2.99. The van der Waals surface area contributed by atoms with Crippen LogP contribution in [0.1, 0.15) is 0 Å². The van der Waals surface area contributed by atoms with E-state index in [1.54, 1.807) is 12.1 Å². The lowest BCUT2D eigenvalue weighted by molar-refractivity contribution is -0.384. The smallest absolute Gasteiger partial charge is 0.258 e. The number of benzene rings is 3. The molecule has 0 saturated heterocycles. The van der Waals surface area contributed by atoms with Gasteiger partial charge in [0.15, 0.2) is 0 Å². The fourth-order valence-corrected chi connectivity index (χ4v) is 2.86. The second-order valence-corrected chi connectivity index (χ2v) is 6.03. The van der Waals surface area contributed by atoms with Gasteiger partial charge in [0.2, 0.25) is 0 Å². The maximum absolute atomic E-state index is 10.7. The van der Waals surface area contributed by atoms with E-state index in [-0.39, 0.29) is 5.69 Å². The van der Waals surface area contributed by atoms with Gasteiger partial charge in [-0.05, 0) is 42.5 Å². The summed E-state index contributed by atoms with van der Waals surface area (Å²) < 4.78 is 0. The van der Waals surface area contributed by atoms with E-state index >= 15 is 0 Å². The van der Waals surface area contributed by atoms with Gasteiger partial charge in [0, 0.05) is 21.9 Å². The van der Waals surface area contributed by atoms with Crippen molar-refractivity contribution in [3.63, 3.8) is 0 Å². The van der Waals surface area contributed by atoms with Crippen molar-refractivity contribution in [2.24, 2.45) is 10.2 Å². The zero-order valence-electron chi connectivity index (χ0n) is 12.6. The van der Waals surface area contributed by atoms with Crippen molar-refractivity contribution in [1.29, 1.82) is 0 Å². The average molecular weight is 335 g/mol. The van der Waals surface area contributed by atoms with Crippen molar-refractivity contribution in [2.75, 3.05) is 0 Å². The van der Waals surface area contributed by atoms with Gasteiger partial charge in [-0.2, -0.15) is 10.2 Å². The molecule has 0 atom stereocenters. The van der Waals surface area contributed by atoms with Crippen molar-refractivity contribution in [2.45, 2.75) is 9.79 Å². The maximum atomic E-state index is 10.7. The summed E-state index contributed by atoms with van der Waals surface area (Å²) in [6.07, 6.45) is 0. The van der Waals surface area contributed by atoms with Gasteiger partial charge in [0.1, 0.15) is 0 Å². The molecule has 0 aliphatic carbocycles. The largest absolute Gasteiger partial charge is 0.269 e. The lowest BCUT2D eigenvalue weighted by atomic mass is 10.3. The molecule has 3 rings (SSSR count). The lowest BCUT2D eigenvalue weighted by Crippen LogP contribution is -1.86. The first-order valence-corrected chi connectivity index (χ1v) is 8.01. The van der Waals surface area contributed by atoms with E-state index in [0.29, 0.717) is 0 Å². The summed E-state index contributed by atoms with van der Waals surface area (Å²) in [5.74, 6) is 0. The minimum absolute atomic E-state index is 0.0877. The lowest BCUT2D eigenvalue weighted by Gasteiger charge is -2.02. The molecule has 118 valence electrons. The van der Waals surface area contributed by atoms with Crippen LogP contribution < -0.4 is 0 Å². The van der Waals surface area contributed by atoms with Crippen LogP contribution in [0.15, 0.2) is 98.9 Å². The minimum atomic E-state index is -0.404. The highest BCUT2D eigenvalue weighted by Gasteiger charge is 2.05. The van der Waals surface area contributed by atoms with Crippen LogP contribution in [0.5, 0.6) is 0 Å². The van der Waals surface area contributed by atoms with Crippen LogP contribution in [0.25, 0.3) is 0 Å². The first-order chi connectivity index (χ1) is 11.7.